The van der Waals surface area contributed by atoms with Crippen molar-refractivity contribution in [2.24, 2.45) is 0 Å². The fourth-order valence-corrected chi connectivity index (χ4v) is 2.82. The molecule has 0 aliphatic rings. The van der Waals surface area contributed by atoms with Gasteiger partial charge in [-0.2, -0.15) is 0 Å². The van der Waals surface area contributed by atoms with Crippen LogP contribution >= 0.6 is 0 Å². The van der Waals surface area contributed by atoms with E-state index in [1.165, 1.54) is 6.20 Å². The van der Waals surface area contributed by atoms with Crippen LogP contribution in [-0.4, -0.2) is 25.4 Å². The number of rotatable bonds is 3. The molecule has 2 N–H and O–H groups in total. The summed E-state index contributed by atoms with van der Waals surface area (Å²) in [5.41, 5.74) is 0.736. The number of pyridine rings is 2. The minimum Gasteiger partial charge on any atom is -0.328 e. The number of anilines is 1. The van der Waals surface area contributed by atoms with Crippen LogP contribution in [0.1, 0.15) is 16.2 Å². The zero-order valence-corrected chi connectivity index (χ0v) is 13.9. The van der Waals surface area contributed by atoms with Crippen LogP contribution in [0.2, 0.25) is 0 Å². The maximum absolute atomic E-state index is 12.6. The summed E-state index contributed by atoms with van der Waals surface area (Å²) in [4.78, 5) is 35.6. The maximum Gasteiger partial charge on any atom is 0.257 e. The second-order valence-corrected chi connectivity index (χ2v) is 5.78. The Morgan fingerprint density at radius 2 is 1.92 bits per heavy atom. The first-order chi connectivity index (χ1) is 12.6. The summed E-state index contributed by atoms with van der Waals surface area (Å²) in [6.45, 7) is 1.89. The number of amides is 1. The van der Waals surface area contributed by atoms with Gasteiger partial charge in [0.15, 0.2) is 0 Å². The van der Waals surface area contributed by atoms with Gasteiger partial charge in [0, 0.05) is 29.4 Å². The van der Waals surface area contributed by atoms with E-state index in [0.29, 0.717) is 27.8 Å². The lowest BCUT2D eigenvalue weighted by Crippen LogP contribution is -2.16. The van der Waals surface area contributed by atoms with Gasteiger partial charge in [0.25, 0.3) is 11.5 Å². The Bertz CT molecular complexity index is 1160. The number of aromatic nitrogens is 4. The molecule has 7 nitrogen and oxygen atoms in total. The Morgan fingerprint density at radius 1 is 1.12 bits per heavy atom. The number of carbonyl (C=O) groups excluding carboxylic acids is 1. The molecule has 0 aliphatic carbocycles. The zero-order chi connectivity index (χ0) is 18.1. The van der Waals surface area contributed by atoms with E-state index in [1.807, 2.05) is 17.7 Å². The van der Waals surface area contributed by atoms with Crippen LogP contribution in [0.25, 0.3) is 16.6 Å². The van der Waals surface area contributed by atoms with Crippen molar-refractivity contribution in [3.8, 4) is 5.82 Å². The average molecular weight is 345 g/mol. The van der Waals surface area contributed by atoms with Gasteiger partial charge in [0.05, 0.1) is 17.4 Å². The highest BCUT2D eigenvalue weighted by atomic mass is 16.1. The number of fused-ring (bicyclic) bond motifs is 1. The molecule has 3 heterocycles. The summed E-state index contributed by atoms with van der Waals surface area (Å²) in [5, 5.41) is 3.89. The first-order valence-corrected chi connectivity index (χ1v) is 8.01. The molecule has 0 unspecified atom stereocenters. The van der Waals surface area contributed by atoms with E-state index in [-0.39, 0.29) is 11.5 Å². The molecule has 1 amide bonds. The van der Waals surface area contributed by atoms with Crippen molar-refractivity contribution in [2.75, 3.05) is 5.32 Å². The van der Waals surface area contributed by atoms with Crippen molar-refractivity contribution < 1.29 is 4.79 Å². The summed E-state index contributed by atoms with van der Waals surface area (Å²) >= 11 is 0. The highest BCUT2D eigenvalue weighted by molar-refractivity contribution is 6.12. The van der Waals surface area contributed by atoms with Gasteiger partial charge in [-0.25, -0.2) is 9.97 Å². The molecular formula is C19H15N5O2. The number of aryl methyl sites for hydroxylation is 1. The summed E-state index contributed by atoms with van der Waals surface area (Å²) < 4.78 is 1.85. The highest BCUT2D eigenvalue weighted by Gasteiger charge is 2.12. The van der Waals surface area contributed by atoms with Crippen LogP contribution < -0.4 is 10.9 Å². The number of H-pyrrole nitrogens is 1. The van der Waals surface area contributed by atoms with Crippen LogP contribution in [0, 0.1) is 6.92 Å². The van der Waals surface area contributed by atoms with Crippen LogP contribution in [-0.2, 0) is 0 Å². The molecule has 7 heteroatoms. The lowest BCUT2D eigenvalue weighted by atomic mass is 10.1. The molecule has 0 aliphatic heterocycles. The summed E-state index contributed by atoms with van der Waals surface area (Å²) in [7, 11) is 0. The Labute approximate surface area is 148 Å². The van der Waals surface area contributed by atoms with Crippen LogP contribution in [0.5, 0.6) is 0 Å². The molecule has 3 aromatic heterocycles. The zero-order valence-electron chi connectivity index (χ0n) is 13.9. The Hall–Kier alpha value is -3.74. The Balaban J connectivity index is 1.62. The summed E-state index contributed by atoms with van der Waals surface area (Å²) in [6, 6.07) is 10.6. The van der Waals surface area contributed by atoms with Gasteiger partial charge < -0.3 is 10.3 Å². The van der Waals surface area contributed by atoms with Gasteiger partial charge in [-0.05, 0) is 25.1 Å². The van der Waals surface area contributed by atoms with Crippen molar-refractivity contribution in [1.82, 2.24) is 19.5 Å². The third-order valence-corrected chi connectivity index (χ3v) is 4.13. The number of imidazole rings is 1. The normalized spacial score (nSPS) is 10.8. The van der Waals surface area contributed by atoms with Crippen molar-refractivity contribution in [3.63, 3.8) is 0 Å². The first kappa shape index (κ1) is 15.8. The molecule has 0 bridgehead atoms. The van der Waals surface area contributed by atoms with E-state index >= 15 is 0 Å². The molecule has 0 radical (unpaired) electrons. The third-order valence-electron chi connectivity index (χ3n) is 4.13. The quantitative estimate of drug-likeness (QED) is 0.597. The number of benzene rings is 1. The first-order valence-electron chi connectivity index (χ1n) is 8.01. The van der Waals surface area contributed by atoms with Gasteiger partial charge in [-0.15, -0.1) is 0 Å². The number of hydrogen-bond donors (Lipinski definition) is 2. The number of aromatic amines is 1. The number of carbonyl (C=O) groups is 1. The minimum absolute atomic E-state index is 0.223. The molecule has 0 spiro atoms. The molecule has 0 atom stereocenters. The van der Waals surface area contributed by atoms with Crippen molar-refractivity contribution in [3.05, 3.63) is 82.9 Å². The second-order valence-electron chi connectivity index (χ2n) is 5.78. The van der Waals surface area contributed by atoms with Crippen LogP contribution in [0.4, 0.5) is 5.69 Å². The fourth-order valence-electron chi connectivity index (χ4n) is 2.82. The van der Waals surface area contributed by atoms with Gasteiger partial charge in [-0.3, -0.25) is 14.2 Å². The van der Waals surface area contributed by atoms with E-state index in [4.69, 9.17) is 0 Å². The van der Waals surface area contributed by atoms with E-state index < -0.39 is 0 Å². The Morgan fingerprint density at radius 3 is 2.62 bits per heavy atom. The van der Waals surface area contributed by atoms with Crippen LogP contribution in [0.3, 0.4) is 0 Å². The lowest BCUT2D eigenvalue weighted by Gasteiger charge is -2.09. The van der Waals surface area contributed by atoms with Crippen LogP contribution in [0.15, 0.2) is 66.0 Å². The predicted octanol–water partition coefficient (Wildman–Crippen LogP) is 2.67. The van der Waals surface area contributed by atoms with Crippen molar-refractivity contribution in [1.29, 1.82) is 0 Å². The second kappa shape index (κ2) is 6.29. The summed E-state index contributed by atoms with van der Waals surface area (Å²) in [5.74, 6) is 1.23. The molecule has 4 rings (SSSR count). The van der Waals surface area contributed by atoms with E-state index in [1.54, 1.807) is 48.8 Å². The lowest BCUT2D eigenvalue weighted by molar-refractivity contribution is 0.102. The van der Waals surface area contributed by atoms with Gasteiger partial charge in [-0.1, -0.05) is 18.2 Å². The van der Waals surface area contributed by atoms with E-state index in [0.717, 1.165) is 5.82 Å². The molecule has 0 saturated carbocycles. The number of nitrogens with zero attached hydrogens (tertiary/aromatic N) is 3. The number of hydrogen-bond acceptors (Lipinski definition) is 4. The predicted molar refractivity (Wildman–Crippen MR) is 98.6 cm³/mol. The summed E-state index contributed by atoms with van der Waals surface area (Å²) in [6.07, 6.45) is 6.54. The van der Waals surface area contributed by atoms with Gasteiger partial charge in [0.2, 0.25) is 0 Å². The largest absolute Gasteiger partial charge is 0.328 e. The molecule has 1 aromatic carbocycles. The standard InChI is InChI=1S/C19H15N5O2/c1-12-20-8-9-24(12)17-7-6-13(10-21-17)23-19(26)16-11-22-18(25)15-5-3-2-4-14(15)16/h2-11H,1H3,(H,22,25)(H,23,26). The van der Waals surface area contributed by atoms with E-state index in [9.17, 15) is 9.59 Å². The third kappa shape index (κ3) is 2.75. The molecule has 128 valence electrons. The minimum atomic E-state index is -0.314. The van der Waals surface area contributed by atoms with Gasteiger partial charge in [0.1, 0.15) is 11.6 Å². The fraction of sp³-hybridized carbons (Fsp3) is 0.0526. The average Bonchev–Trinajstić information content (AvgIpc) is 3.09. The van der Waals surface area contributed by atoms with Crippen molar-refractivity contribution in [2.45, 2.75) is 6.92 Å². The smallest absolute Gasteiger partial charge is 0.257 e. The maximum atomic E-state index is 12.6. The van der Waals surface area contributed by atoms with E-state index in [2.05, 4.69) is 20.3 Å². The SMILES string of the molecule is Cc1nccn1-c1ccc(NC(=O)c2c[nH]c(=O)c3ccccc23)cn1. The van der Waals surface area contributed by atoms with Crippen molar-refractivity contribution >= 4 is 22.4 Å². The topological polar surface area (TPSA) is 92.7 Å². The van der Waals surface area contributed by atoms with Gasteiger partial charge >= 0.3 is 0 Å². The molecule has 0 saturated heterocycles. The Kier molecular flexibility index (Phi) is 3.81. The number of nitrogens with one attached hydrogen (secondary N) is 2. The molecular weight excluding hydrogens is 330 g/mol. The molecule has 4 aromatic rings. The molecule has 0 fully saturated rings. The molecule has 26 heavy (non-hydrogen) atoms. The monoisotopic (exact) mass is 345 g/mol. The highest BCUT2D eigenvalue weighted by Crippen LogP contribution is 2.17.